The lowest BCUT2D eigenvalue weighted by Gasteiger charge is -2.19. The van der Waals surface area contributed by atoms with Gasteiger partial charge in [0.15, 0.2) is 5.82 Å². The van der Waals surface area contributed by atoms with E-state index in [2.05, 4.69) is 36.6 Å². The summed E-state index contributed by atoms with van der Waals surface area (Å²) in [4.78, 5) is 20.1. The van der Waals surface area contributed by atoms with Crippen LogP contribution in [0.2, 0.25) is 0 Å². The van der Waals surface area contributed by atoms with Crippen molar-refractivity contribution < 1.29 is 4.79 Å². The van der Waals surface area contributed by atoms with Crippen molar-refractivity contribution in [2.75, 3.05) is 5.32 Å². The Bertz CT molecular complexity index is 616. The number of anilines is 1. The number of nitrogens with one attached hydrogen (secondary N) is 4. The molecule has 22 heavy (non-hydrogen) atoms. The lowest BCUT2D eigenvalue weighted by atomic mass is 10.1. The van der Waals surface area contributed by atoms with E-state index in [0.717, 1.165) is 0 Å². The second-order valence-electron chi connectivity index (χ2n) is 5.24. The molecule has 0 radical (unpaired) electrons. The minimum atomic E-state index is -0.260. The number of carbonyl (C=O) groups is 1. The Hall–Kier alpha value is -2.52. The maximum atomic E-state index is 12.0. The molecule has 2 aromatic heterocycles. The molecule has 9 heteroatoms. The number of amides is 2. The predicted molar refractivity (Wildman–Crippen MR) is 80.3 cm³/mol. The highest BCUT2D eigenvalue weighted by Crippen LogP contribution is 2.10. The Morgan fingerprint density at radius 1 is 1.27 bits per heavy atom. The van der Waals surface area contributed by atoms with Gasteiger partial charge < -0.3 is 10.6 Å². The fourth-order valence-corrected chi connectivity index (χ4v) is 2.37. The molecule has 3 heterocycles. The third kappa shape index (κ3) is 3.05. The van der Waals surface area contributed by atoms with E-state index in [1.54, 1.807) is 29.3 Å². The Balaban J connectivity index is 1.60. The van der Waals surface area contributed by atoms with Crippen LogP contribution in [0.1, 0.15) is 13.8 Å². The van der Waals surface area contributed by atoms with Gasteiger partial charge in [-0.15, -0.1) is 0 Å². The number of rotatable bonds is 3. The monoisotopic (exact) mass is 302 g/mol. The van der Waals surface area contributed by atoms with Crippen LogP contribution in [0.15, 0.2) is 31.0 Å². The SMILES string of the molecule is CC1NNC(C)C1NC(=O)Nc1ccc(-n2cncn2)nc1. The normalized spacial score (nSPS) is 24.2. The Morgan fingerprint density at radius 3 is 2.64 bits per heavy atom. The van der Waals surface area contributed by atoms with Crippen LogP contribution in [0, 0.1) is 0 Å². The standard InChI is InChI=1S/C13H18N8O/c1-8-12(9(2)20-19-8)18-13(22)17-10-3-4-11(15-5-10)21-7-14-6-16-21/h3-9,12,19-20H,1-2H3,(H2,17,18,22). The predicted octanol–water partition coefficient (Wildman–Crippen LogP) is 0.0372. The number of aromatic nitrogens is 4. The van der Waals surface area contributed by atoms with Gasteiger partial charge in [0.25, 0.3) is 0 Å². The van der Waals surface area contributed by atoms with Crippen molar-refractivity contribution in [2.45, 2.75) is 32.0 Å². The number of hydrogen-bond acceptors (Lipinski definition) is 6. The highest BCUT2D eigenvalue weighted by molar-refractivity contribution is 5.89. The average Bonchev–Trinajstić information content (AvgIpc) is 3.14. The van der Waals surface area contributed by atoms with Crippen molar-refractivity contribution in [3.8, 4) is 5.82 Å². The van der Waals surface area contributed by atoms with Gasteiger partial charge >= 0.3 is 6.03 Å². The first kappa shape index (κ1) is 14.4. The average molecular weight is 302 g/mol. The summed E-state index contributed by atoms with van der Waals surface area (Å²) in [6.45, 7) is 4.02. The molecule has 1 aliphatic heterocycles. The van der Waals surface area contributed by atoms with E-state index >= 15 is 0 Å². The van der Waals surface area contributed by atoms with E-state index in [1.165, 1.54) is 6.33 Å². The summed E-state index contributed by atoms with van der Waals surface area (Å²) in [5.41, 5.74) is 6.79. The number of carbonyl (C=O) groups excluding carboxylic acids is 1. The molecule has 116 valence electrons. The molecule has 2 aromatic rings. The van der Waals surface area contributed by atoms with Crippen LogP contribution in [-0.4, -0.2) is 43.9 Å². The smallest absolute Gasteiger partial charge is 0.319 e. The Kier molecular flexibility index (Phi) is 3.98. The first-order valence-electron chi connectivity index (χ1n) is 7.03. The van der Waals surface area contributed by atoms with Gasteiger partial charge in [-0.3, -0.25) is 10.9 Å². The fraction of sp³-hybridized carbons (Fsp3) is 0.385. The number of pyridine rings is 1. The second kappa shape index (κ2) is 6.08. The quantitative estimate of drug-likeness (QED) is 0.637. The lowest BCUT2D eigenvalue weighted by Crippen LogP contribution is -2.47. The zero-order valence-corrected chi connectivity index (χ0v) is 12.3. The van der Waals surface area contributed by atoms with Gasteiger partial charge in [0, 0.05) is 12.1 Å². The number of urea groups is 1. The molecule has 0 spiro atoms. The molecule has 0 aliphatic carbocycles. The van der Waals surface area contributed by atoms with E-state index in [4.69, 9.17) is 0 Å². The first-order valence-corrected chi connectivity index (χ1v) is 7.03. The highest BCUT2D eigenvalue weighted by Gasteiger charge is 2.30. The van der Waals surface area contributed by atoms with Gasteiger partial charge in [0.05, 0.1) is 17.9 Å². The van der Waals surface area contributed by atoms with Crippen LogP contribution >= 0.6 is 0 Å². The van der Waals surface area contributed by atoms with Crippen molar-refractivity contribution >= 4 is 11.7 Å². The van der Waals surface area contributed by atoms with Gasteiger partial charge in [-0.2, -0.15) is 5.10 Å². The summed E-state index contributed by atoms with van der Waals surface area (Å²) >= 11 is 0. The van der Waals surface area contributed by atoms with Gasteiger partial charge in [0.2, 0.25) is 0 Å². The topological polar surface area (TPSA) is 109 Å². The molecule has 0 saturated carbocycles. The zero-order chi connectivity index (χ0) is 15.5. The molecular formula is C13H18N8O. The van der Waals surface area contributed by atoms with E-state index in [-0.39, 0.29) is 24.2 Å². The third-order valence-electron chi connectivity index (χ3n) is 3.57. The van der Waals surface area contributed by atoms with E-state index in [1.807, 2.05) is 13.8 Å². The van der Waals surface area contributed by atoms with Crippen LogP contribution < -0.4 is 21.5 Å². The first-order chi connectivity index (χ1) is 10.6. The molecule has 4 N–H and O–H groups in total. The molecule has 1 fully saturated rings. The lowest BCUT2D eigenvalue weighted by molar-refractivity contribution is 0.246. The summed E-state index contributed by atoms with van der Waals surface area (Å²) in [5, 5.41) is 9.70. The van der Waals surface area contributed by atoms with Crippen molar-refractivity contribution in [2.24, 2.45) is 0 Å². The van der Waals surface area contributed by atoms with Crippen LogP contribution in [-0.2, 0) is 0 Å². The maximum absolute atomic E-state index is 12.0. The minimum Gasteiger partial charge on any atom is -0.332 e. The molecule has 0 bridgehead atoms. The zero-order valence-electron chi connectivity index (χ0n) is 12.3. The molecule has 9 nitrogen and oxygen atoms in total. The minimum absolute atomic E-state index is 0.0161. The number of hydrazine groups is 1. The molecular weight excluding hydrogens is 284 g/mol. The van der Waals surface area contributed by atoms with Crippen LogP contribution in [0.3, 0.4) is 0 Å². The number of hydrogen-bond donors (Lipinski definition) is 4. The molecule has 2 unspecified atom stereocenters. The van der Waals surface area contributed by atoms with Gasteiger partial charge in [-0.05, 0) is 26.0 Å². The van der Waals surface area contributed by atoms with E-state index < -0.39 is 0 Å². The van der Waals surface area contributed by atoms with Gasteiger partial charge in [0.1, 0.15) is 12.7 Å². The summed E-state index contributed by atoms with van der Waals surface area (Å²) in [5.74, 6) is 0.634. The highest BCUT2D eigenvalue weighted by atomic mass is 16.2. The van der Waals surface area contributed by atoms with E-state index in [0.29, 0.717) is 11.5 Å². The molecule has 3 rings (SSSR count). The summed E-state index contributed by atoms with van der Waals surface area (Å²) in [7, 11) is 0. The van der Waals surface area contributed by atoms with Crippen molar-refractivity contribution in [1.29, 1.82) is 0 Å². The van der Waals surface area contributed by atoms with E-state index in [9.17, 15) is 4.79 Å². The third-order valence-corrected chi connectivity index (χ3v) is 3.57. The number of nitrogens with zero attached hydrogens (tertiary/aromatic N) is 4. The Labute approximate surface area is 127 Å². The molecule has 1 saturated heterocycles. The van der Waals surface area contributed by atoms with Crippen LogP contribution in [0.4, 0.5) is 10.5 Å². The molecule has 1 aliphatic rings. The Morgan fingerprint density at radius 2 is 2.05 bits per heavy atom. The van der Waals surface area contributed by atoms with Gasteiger partial charge in [-0.1, -0.05) is 0 Å². The second-order valence-corrected chi connectivity index (χ2v) is 5.24. The van der Waals surface area contributed by atoms with Crippen LogP contribution in [0.5, 0.6) is 0 Å². The summed E-state index contributed by atoms with van der Waals surface area (Å²) < 4.78 is 1.54. The summed E-state index contributed by atoms with van der Waals surface area (Å²) in [6.07, 6.45) is 4.58. The molecule has 0 aromatic carbocycles. The van der Waals surface area contributed by atoms with Crippen molar-refractivity contribution in [3.05, 3.63) is 31.0 Å². The van der Waals surface area contributed by atoms with Gasteiger partial charge in [-0.25, -0.2) is 19.4 Å². The van der Waals surface area contributed by atoms with Crippen LogP contribution in [0.25, 0.3) is 5.82 Å². The molecule has 2 atom stereocenters. The van der Waals surface area contributed by atoms with Crippen molar-refractivity contribution in [3.63, 3.8) is 0 Å². The maximum Gasteiger partial charge on any atom is 0.319 e. The largest absolute Gasteiger partial charge is 0.332 e. The summed E-state index contributed by atoms with van der Waals surface area (Å²) in [6, 6.07) is 3.60. The fourth-order valence-electron chi connectivity index (χ4n) is 2.37. The van der Waals surface area contributed by atoms with Crippen molar-refractivity contribution in [1.82, 2.24) is 35.9 Å². The molecule has 2 amide bonds.